The number of aryl methyl sites for hydroxylation is 1. The minimum atomic E-state index is -0.0407. The van der Waals surface area contributed by atoms with E-state index in [-0.39, 0.29) is 5.91 Å². The lowest BCUT2D eigenvalue weighted by Gasteiger charge is -2.18. The molecule has 1 aromatic heterocycles. The molecule has 4 rings (SSSR count). The van der Waals surface area contributed by atoms with Crippen LogP contribution in [0.25, 0.3) is 17.0 Å². The van der Waals surface area contributed by atoms with Gasteiger partial charge in [0.05, 0.1) is 10.6 Å². The van der Waals surface area contributed by atoms with Crippen LogP contribution in [0.2, 0.25) is 0 Å². The maximum absolute atomic E-state index is 12.4. The number of aromatic nitrogens is 1. The monoisotopic (exact) mass is 320 g/mol. The van der Waals surface area contributed by atoms with Crippen molar-refractivity contribution in [3.8, 4) is 0 Å². The van der Waals surface area contributed by atoms with Gasteiger partial charge in [0.25, 0.3) is 5.91 Å². The van der Waals surface area contributed by atoms with Gasteiger partial charge in [0, 0.05) is 34.1 Å². The lowest BCUT2D eigenvalue weighted by Crippen LogP contribution is -2.17. The summed E-state index contributed by atoms with van der Waals surface area (Å²) in [6.45, 7) is 2.09. The molecular formula is C19H16N2OS. The van der Waals surface area contributed by atoms with Crippen LogP contribution in [-0.4, -0.2) is 10.5 Å². The zero-order valence-corrected chi connectivity index (χ0v) is 13.8. The molecular weight excluding hydrogens is 304 g/mol. The molecule has 1 aliphatic heterocycles. The molecule has 0 spiro atoms. The largest absolute Gasteiger partial charge is 0.347 e. The molecule has 0 saturated heterocycles. The quantitative estimate of drug-likeness (QED) is 0.666. The summed E-state index contributed by atoms with van der Waals surface area (Å²) < 4.78 is 2.17. The number of nitrogens with zero attached hydrogens (tertiary/aromatic N) is 1. The van der Waals surface area contributed by atoms with Crippen LogP contribution in [0, 0.1) is 6.92 Å². The van der Waals surface area contributed by atoms with Crippen LogP contribution in [0.1, 0.15) is 11.3 Å². The molecule has 0 aliphatic carbocycles. The number of rotatable bonds is 1. The van der Waals surface area contributed by atoms with Gasteiger partial charge >= 0.3 is 0 Å². The molecule has 0 fully saturated rings. The van der Waals surface area contributed by atoms with E-state index in [0.717, 1.165) is 26.7 Å². The summed E-state index contributed by atoms with van der Waals surface area (Å²) in [5.74, 6) is -0.0407. The van der Waals surface area contributed by atoms with Crippen LogP contribution in [0.4, 0.5) is 5.69 Å². The Kier molecular flexibility index (Phi) is 3.27. The standard InChI is InChI=1S/C19H16N2OS/c1-12-14(13-7-3-5-9-16(13)21(12)2)11-18-19(22)20-15-8-4-6-10-17(15)23-18/h3-11H,1-2H3,(H,20,22)/b18-11-. The van der Waals surface area contributed by atoms with Gasteiger partial charge in [-0.15, -0.1) is 0 Å². The number of amides is 1. The van der Waals surface area contributed by atoms with Gasteiger partial charge < -0.3 is 9.88 Å². The predicted octanol–water partition coefficient (Wildman–Crippen LogP) is 4.57. The van der Waals surface area contributed by atoms with E-state index in [0.29, 0.717) is 0 Å². The average Bonchev–Trinajstić information content (AvgIpc) is 2.81. The number of carbonyl (C=O) groups excluding carboxylic acids is 1. The van der Waals surface area contributed by atoms with Crippen molar-refractivity contribution in [2.24, 2.45) is 7.05 Å². The Bertz CT molecular complexity index is 969. The Morgan fingerprint density at radius 2 is 1.83 bits per heavy atom. The minimum absolute atomic E-state index is 0.0407. The molecule has 4 heteroatoms. The van der Waals surface area contributed by atoms with Crippen molar-refractivity contribution in [1.29, 1.82) is 0 Å². The number of hydrogen-bond donors (Lipinski definition) is 1. The summed E-state index contributed by atoms with van der Waals surface area (Å²) in [5.41, 5.74) is 4.33. The average molecular weight is 320 g/mol. The molecule has 23 heavy (non-hydrogen) atoms. The highest BCUT2D eigenvalue weighted by Crippen LogP contribution is 2.39. The van der Waals surface area contributed by atoms with E-state index in [1.807, 2.05) is 42.5 Å². The summed E-state index contributed by atoms with van der Waals surface area (Å²) >= 11 is 1.53. The predicted molar refractivity (Wildman–Crippen MR) is 96.6 cm³/mol. The second-order valence-electron chi connectivity index (χ2n) is 5.64. The van der Waals surface area contributed by atoms with E-state index < -0.39 is 0 Å². The first kappa shape index (κ1) is 14.2. The van der Waals surface area contributed by atoms with Gasteiger partial charge in [-0.25, -0.2) is 0 Å². The highest BCUT2D eigenvalue weighted by Gasteiger charge is 2.21. The summed E-state index contributed by atoms with van der Waals surface area (Å²) in [7, 11) is 2.06. The van der Waals surface area contributed by atoms with Crippen molar-refractivity contribution in [3.63, 3.8) is 0 Å². The Balaban J connectivity index is 1.86. The first-order chi connectivity index (χ1) is 11.1. The number of fused-ring (bicyclic) bond motifs is 2. The molecule has 3 aromatic rings. The molecule has 1 N–H and O–H groups in total. The zero-order chi connectivity index (χ0) is 16.0. The van der Waals surface area contributed by atoms with Crippen molar-refractivity contribution in [1.82, 2.24) is 4.57 Å². The van der Waals surface area contributed by atoms with Crippen LogP contribution in [-0.2, 0) is 11.8 Å². The SMILES string of the molecule is Cc1c(/C=C2\Sc3ccccc3NC2=O)c2ccccc2n1C. The Hall–Kier alpha value is -2.46. The van der Waals surface area contributed by atoms with E-state index in [2.05, 4.69) is 36.0 Å². The zero-order valence-electron chi connectivity index (χ0n) is 13.0. The summed E-state index contributed by atoms with van der Waals surface area (Å²) in [6, 6.07) is 16.2. The van der Waals surface area contributed by atoms with E-state index >= 15 is 0 Å². The lowest BCUT2D eigenvalue weighted by atomic mass is 10.1. The molecule has 3 nitrogen and oxygen atoms in total. The molecule has 2 aromatic carbocycles. The van der Waals surface area contributed by atoms with Crippen molar-refractivity contribution in [3.05, 3.63) is 64.7 Å². The Labute approximate surface area is 139 Å². The minimum Gasteiger partial charge on any atom is -0.347 e. The smallest absolute Gasteiger partial charge is 0.262 e. The summed E-state index contributed by atoms with van der Waals surface area (Å²) in [6.07, 6.45) is 2.01. The van der Waals surface area contributed by atoms with Gasteiger partial charge in [0.15, 0.2) is 0 Å². The second-order valence-corrected chi connectivity index (χ2v) is 6.72. The Morgan fingerprint density at radius 1 is 1.09 bits per heavy atom. The van der Waals surface area contributed by atoms with E-state index in [1.54, 1.807) is 0 Å². The van der Waals surface area contributed by atoms with Crippen molar-refractivity contribution in [2.75, 3.05) is 5.32 Å². The second kappa shape index (κ2) is 5.32. The highest BCUT2D eigenvalue weighted by atomic mass is 32.2. The normalized spacial score (nSPS) is 15.7. The molecule has 1 amide bonds. The molecule has 0 saturated carbocycles. The highest BCUT2D eigenvalue weighted by molar-refractivity contribution is 8.04. The first-order valence-electron chi connectivity index (χ1n) is 7.49. The number of carbonyl (C=O) groups is 1. The van der Waals surface area contributed by atoms with Crippen LogP contribution >= 0.6 is 11.8 Å². The summed E-state index contributed by atoms with van der Waals surface area (Å²) in [4.78, 5) is 14.2. The maximum Gasteiger partial charge on any atom is 0.262 e. The van der Waals surface area contributed by atoms with Gasteiger partial charge in [0.2, 0.25) is 0 Å². The number of hydrogen-bond acceptors (Lipinski definition) is 2. The molecule has 114 valence electrons. The maximum atomic E-state index is 12.4. The molecule has 0 atom stereocenters. The fourth-order valence-corrected chi connectivity index (χ4v) is 3.90. The van der Waals surface area contributed by atoms with Crippen LogP contribution in [0.5, 0.6) is 0 Å². The Morgan fingerprint density at radius 3 is 2.70 bits per heavy atom. The number of thioether (sulfide) groups is 1. The van der Waals surface area contributed by atoms with Gasteiger partial charge in [-0.3, -0.25) is 4.79 Å². The van der Waals surface area contributed by atoms with Crippen molar-refractivity contribution in [2.45, 2.75) is 11.8 Å². The third kappa shape index (κ3) is 2.26. The lowest BCUT2D eigenvalue weighted by molar-refractivity contribution is -0.112. The van der Waals surface area contributed by atoms with Crippen LogP contribution in [0.3, 0.4) is 0 Å². The van der Waals surface area contributed by atoms with Crippen LogP contribution in [0.15, 0.2) is 58.3 Å². The fourth-order valence-electron chi connectivity index (χ4n) is 2.97. The van der Waals surface area contributed by atoms with E-state index in [4.69, 9.17) is 0 Å². The van der Waals surface area contributed by atoms with Gasteiger partial charge in [0.1, 0.15) is 0 Å². The molecule has 2 heterocycles. The molecule has 1 aliphatic rings. The first-order valence-corrected chi connectivity index (χ1v) is 8.31. The molecule has 0 unspecified atom stereocenters. The fraction of sp³-hybridized carbons (Fsp3) is 0.105. The molecule has 0 bridgehead atoms. The topological polar surface area (TPSA) is 34.0 Å². The third-order valence-corrected chi connectivity index (χ3v) is 5.40. The van der Waals surface area contributed by atoms with E-state index in [9.17, 15) is 4.79 Å². The van der Waals surface area contributed by atoms with Gasteiger partial charge in [-0.05, 0) is 31.2 Å². The van der Waals surface area contributed by atoms with E-state index in [1.165, 1.54) is 22.7 Å². The summed E-state index contributed by atoms with van der Waals surface area (Å²) in [5, 5.41) is 4.14. The van der Waals surface area contributed by atoms with Gasteiger partial charge in [-0.2, -0.15) is 0 Å². The number of benzene rings is 2. The van der Waals surface area contributed by atoms with Crippen LogP contribution < -0.4 is 5.32 Å². The van der Waals surface area contributed by atoms with Crippen molar-refractivity contribution < 1.29 is 4.79 Å². The number of nitrogens with one attached hydrogen (secondary N) is 1. The van der Waals surface area contributed by atoms with Crippen molar-refractivity contribution >= 4 is 40.3 Å². The third-order valence-electron chi connectivity index (χ3n) is 4.30. The number of para-hydroxylation sites is 2. The van der Waals surface area contributed by atoms with Gasteiger partial charge in [-0.1, -0.05) is 42.1 Å². The molecule has 0 radical (unpaired) electrons. The number of anilines is 1.